The lowest BCUT2D eigenvalue weighted by molar-refractivity contribution is -0.142. The topological polar surface area (TPSA) is 49.8 Å². The summed E-state index contributed by atoms with van der Waals surface area (Å²) in [4.78, 5) is 13.1. The molecule has 0 radical (unpaired) electrons. The van der Waals surface area contributed by atoms with Crippen LogP contribution in [0.5, 0.6) is 0 Å². The van der Waals surface area contributed by atoms with Gasteiger partial charge in [0, 0.05) is 33.2 Å². The van der Waals surface area contributed by atoms with Crippen molar-refractivity contribution in [3.05, 3.63) is 0 Å². The Labute approximate surface area is 78.5 Å². The molecule has 0 bridgehead atoms. The Morgan fingerprint density at radius 3 is 2.77 bits per heavy atom. The molecular weight excluding hydrogens is 170 g/mol. The number of aliphatic hydroxyl groups excluding tert-OH is 1. The molecule has 0 aliphatic carbocycles. The zero-order chi connectivity index (χ0) is 9.84. The highest BCUT2D eigenvalue weighted by molar-refractivity contribution is 5.77. The van der Waals surface area contributed by atoms with Crippen LogP contribution in [-0.2, 0) is 9.53 Å². The molecule has 13 heavy (non-hydrogen) atoms. The number of methoxy groups -OCH3 is 1. The van der Waals surface area contributed by atoms with E-state index in [9.17, 15) is 4.79 Å². The number of rotatable bonds is 4. The number of ether oxygens (including phenoxy) is 1. The van der Waals surface area contributed by atoms with E-state index in [1.54, 1.807) is 12.0 Å². The van der Waals surface area contributed by atoms with Crippen LogP contribution in [0.3, 0.4) is 0 Å². The van der Waals surface area contributed by atoms with Crippen molar-refractivity contribution in [1.82, 2.24) is 4.90 Å². The summed E-state index contributed by atoms with van der Waals surface area (Å²) in [6, 6.07) is 0. The fourth-order valence-corrected chi connectivity index (χ4v) is 1.43. The second-order valence-electron chi connectivity index (χ2n) is 3.72. The van der Waals surface area contributed by atoms with E-state index in [1.807, 2.05) is 6.92 Å². The number of amides is 1. The predicted molar refractivity (Wildman–Crippen MR) is 48.2 cm³/mol. The van der Waals surface area contributed by atoms with Gasteiger partial charge in [0.25, 0.3) is 0 Å². The zero-order valence-electron chi connectivity index (χ0n) is 8.19. The third-order valence-electron chi connectivity index (χ3n) is 2.19. The fourth-order valence-electron chi connectivity index (χ4n) is 1.43. The maximum atomic E-state index is 11.4. The van der Waals surface area contributed by atoms with E-state index < -0.39 is 0 Å². The summed E-state index contributed by atoms with van der Waals surface area (Å²) in [6.45, 7) is 3.59. The minimum atomic E-state index is -0.304. The van der Waals surface area contributed by atoms with Crippen molar-refractivity contribution in [1.29, 1.82) is 0 Å². The van der Waals surface area contributed by atoms with Crippen LogP contribution < -0.4 is 0 Å². The highest BCUT2D eigenvalue weighted by Crippen LogP contribution is 2.12. The Hall–Kier alpha value is -0.610. The van der Waals surface area contributed by atoms with Crippen molar-refractivity contribution in [2.45, 2.75) is 19.4 Å². The first kappa shape index (κ1) is 10.5. The zero-order valence-corrected chi connectivity index (χ0v) is 8.19. The van der Waals surface area contributed by atoms with Gasteiger partial charge in [0.05, 0.1) is 6.10 Å². The smallest absolute Gasteiger partial charge is 0.223 e. The third-order valence-corrected chi connectivity index (χ3v) is 2.19. The molecule has 0 aromatic heterocycles. The van der Waals surface area contributed by atoms with Gasteiger partial charge < -0.3 is 14.7 Å². The van der Waals surface area contributed by atoms with Crippen LogP contribution in [0.2, 0.25) is 0 Å². The van der Waals surface area contributed by atoms with Gasteiger partial charge in [-0.1, -0.05) is 6.92 Å². The molecule has 1 rings (SSSR count). The van der Waals surface area contributed by atoms with Crippen molar-refractivity contribution < 1.29 is 14.6 Å². The van der Waals surface area contributed by atoms with E-state index >= 15 is 0 Å². The molecule has 1 fully saturated rings. The molecule has 4 nitrogen and oxygen atoms in total. The Morgan fingerprint density at radius 2 is 2.31 bits per heavy atom. The summed E-state index contributed by atoms with van der Waals surface area (Å²) in [5.41, 5.74) is 0. The van der Waals surface area contributed by atoms with Crippen LogP contribution >= 0.6 is 0 Å². The van der Waals surface area contributed by atoms with E-state index in [4.69, 9.17) is 9.84 Å². The van der Waals surface area contributed by atoms with Crippen LogP contribution in [0.1, 0.15) is 13.3 Å². The SMILES string of the molecule is COCC(C)CC(=O)N1CC(O)C1. The number of carbonyl (C=O) groups excluding carboxylic acids is 1. The first-order chi connectivity index (χ1) is 6.13. The van der Waals surface area contributed by atoms with Gasteiger partial charge in [-0.25, -0.2) is 0 Å². The molecule has 1 atom stereocenters. The average molecular weight is 187 g/mol. The van der Waals surface area contributed by atoms with Crippen LogP contribution in [0.4, 0.5) is 0 Å². The molecule has 0 aromatic carbocycles. The molecule has 1 aliphatic heterocycles. The van der Waals surface area contributed by atoms with Crippen LogP contribution in [0.15, 0.2) is 0 Å². The van der Waals surface area contributed by atoms with Crippen molar-refractivity contribution in [3.8, 4) is 0 Å². The summed E-state index contributed by atoms with van der Waals surface area (Å²) in [6.07, 6.45) is 0.210. The first-order valence-electron chi connectivity index (χ1n) is 4.58. The second kappa shape index (κ2) is 4.58. The molecule has 76 valence electrons. The van der Waals surface area contributed by atoms with Crippen LogP contribution in [-0.4, -0.2) is 48.8 Å². The molecule has 0 saturated carbocycles. The molecule has 1 amide bonds. The van der Waals surface area contributed by atoms with E-state index in [0.717, 1.165) is 0 Å². The number of nitrogens with zero attached hydrogens (tertiary/aromatic N) is 1. The van der Waals surface area contributed by atoms with Crippen molar-refractivity contribution in [2.24, 2.45) is 5.92 Å². The molecule has 1 heterocycles. The Kier molecular flexibility index (Phi) is 3.69. The maximum absolute atomic E-state index is 11.4. The van der Waals surface area contributed by atoms with Gasteiger partial charge in [-0.05, 0) is 5.92 Å². The predicted octanol–water partition coefficient (Wildman–Crippen LogP) is -0.138. The van der Waals surface area contributed by atoms with Crippen molar-refractivity contribution >= 4 is 5.91 Å². The summed E-state index contributed by atoms with van der Waals surface area (Å²) in [7, 11) is 1.63. The van der Waals surface area contributed by atoms with Crippen LogP contribution in [0.25, 0.3) is 0 Å². The highest BCUT2D eigenvalue weighted by Gasteiger charge is 2.28. The van der Waals surface area contributed by atoms with E-state index in [1.165, 1.54) is 0 Å². The molecule has 1 saturated heterocycles. The lowest BCUT2D eigenvalue weighted by atomic mass is 10.1. The monoisotopic (exact) mass is 187 g/mol. The number of hydrogen-bond acceptors (Lipinski definition) is 3. The van der Waals surface area contributed by atoms with Gasteiger partial charge in [-0.3, -0.25) is 4.79 Å². The molecule has 0 spiro atoms. The third kappa shape index (κ3) is 2.97. The summed E-state index contributed by atoms with van der Waals surface area (Å²) >= 11 is 0. The van der Waals surface area contributed by atoms with E-state index in [2.05, 4.69) is 0 Å². The largest absolute Gasteiger partial charge is 0.389 e. The number of carbonyl (C=O) groups is 1. The van der Waals surface area contributed by atoms with Gasteiger partial charge in [-0.2, -0.15) is 0 Å². The minimum Gasteiger partial charge on any atom is -0.389 e. The number of hydrogen-bond donors (Lipinski definition) is 1. The van der Waals surface area contributed by atoms with Crippen molar-refractivity contribution in [3.63, 3.8) is 0 Å². The lowest BCUT2D eigenvalue weighted by Gasteiger charge is -2.36. The molecule has 4 heteroatoms. The second-order valence-corrected chi connectivity index (χ2v) is 3.72. The fraction of sp³-hybridized carbons (Fsp3) is 0.889. The summed E-state index contributed by atoms with van der Waals surface area (Å²) < 4.78 is 4.94. The Balaban J connectivity index is 2.17. The average Bonchev–Trinajstić information content (AvgIpc) is 1.99. The minimum absolute atomic E-state index is 0.120. The molecule has 1 N–H and O–H groups in total. The standard InChI is InChI=1S/C9H17NO3/c1-7(6-13-2)3-9(12)10-4-8(11)5-10/h7-8,11H,3-6H2,1-2H3. The summed E-state index contributed by atoms with van der Waals surface area (Å²) in [5.74, 6) is 0.380. The number of β-amino-alcohol motifs (C(OH)–C–C–N with tert-alkyl or cyclic N) is 1. The molecular formula is C9H17NO3. The summed E-state index contributed by atoms with van der Waals surface area (Å²) in [5, 5.41) is 8.99. The number of aliphatic hydroxyl groups is 1. The van der Waals surface area contributed by atoms with Gasteiger partial charge in [0.2, 0.25) is 5.91 Å². The van der Waals surface area contributed by atoms with Crippen LogP contribution in [0, 0.1) is 5.92 Å². The van der Waals surface area contributed by atoms with E-state index in [0.29, 0.717) is 26.1 Å². The maximum Gasteiger partial charge on any atom is 0.223 e. The molecule has 1 unspecified atom stereocenters. The molecule has 0 aromatic rings. The quantitative estimate of drug-likeness (QED) is 0.666. The Morgan fingerprint density at radius 1 is 1.69 bits per heavy atom. The number of likely N-dealkylation sites (tertiary alicyclic amines) is 1. The lowest BCUT2D eigenvalue weighted by Crippen LogP contribution is -2.53. The van der Waals surface area contributed by atoms with Gasteiger partial charge in [0.15, 0.2) is 0 Å². The van der Waals surface area contributed by atoms with Gasteiger partial charge in [-0.15, -0.1) is 0 Å². The van der Waals surface area contributed by atoms with Gasteiger partial charge >= 0.3 is 0 Å². The first-order valence-corrected chi connectivity index (χ1v) is 4.58. The Bertz CT molecular complexity index is 178. The van der Waals surface area contributed by atoms with E-state index in [-0.39, 0.29) is 17.9 Å². The molecule has 1 aliphatic rings. The van der Waals surface area contributed by atoms with Gasteiger partial charge in [0.1, 0.15) is 0 Å². The normalized spacial score (nSPS) is 19.8. The van der Waals surface area contributed by atoms with Crippen molar-refractivity contribution in [2.75, 3.05) is 26.8 Å². The highest BCUT2D eigenvalue weighted by atomic mass is 16.5.